The van der Waals surface area contributed by atoms with Crippen molar-refractivity contribution in [3.8, 4) is 0 Å². The van der Waals surface area contributed by atoms with E-state index >= 15 is 0 Å². The van der Waals surface area contributed by atoms with Gasteiger partial charge in [0.05, 0.1) is 5.41 Å². The number of amides is 2. The molecule has 2 saturated heterocycles. The molecular weight excluding hydrogens is 466 g/mol. The third kappa shape index (κ3) is 6.91. The van der Waals surface area contributed by atoms with Gasteiger partial charge >= 0.3 is 0 Å². The SMILES string of the molecule is CC(N)=O.O=C1N(Cc2ccc(Br)cc2)CCC12CCN(CCCc1ccccc1)CC2. The van der Waals surface area contributed by atoms with Gasteiger partial charge in [-0.1, -0.05) is 58.4 Å². The van der Waals surface area contributed by atoms with Crippen LogP contribution in [0.15, 0.2) is 59.1 Å². The highest BCUT2D eigenvalue weighted by Gasteiger charge is 2.47. The quantitative estimate of drug-likeness (QED) is 0.640. The topological polar surface area (TPSA) is 66.6 Å². The summed E-state index contributed by atoms with van der Waals surface area (Å²) >= 11 is 3.48. The molecule has 0 saturated carbocycles. The largest absolute Gasteiger partial charge is 0.370 e. The maximum atomic E-state index is 13.2. The zero-order valence-corrected chi connectivity index (χ0v) is 20.5. The van der Waals surface area contributed by atoms with Gasteiger partial charge in [-0.05, 0) is 75.0 Å². The summed E-state index contributed by atoms with van der Waals surface area (Å²) in [6.45, 7) is 6.22. The lowest BCUT2D eigenvalue weighted by molar-refractivity contribution is -0.138. The van der Waals surface area contributed by atoms with Gasteiger partial charge in [-0.15, -0.1) is 0 Å². The first-order chi connectivity index (χ1) is 15.4. The fourth-order valence-electron chi connectivity index (χ4n) is 4.67. The van der Waals surface area contributed by atoms with Crippen LogP contribution in [0.5, 0.6) is 0 Å². The van der Waals surface area contributed by atoms with Crippen molar-refractivity contribution in [1.29, 1.82) is 0 Å². The minimum atomic E-state index is -0.333. The molecule has 1 spiro atoms. The predicted octanol–water partition coefficient (Wildman–Crippen LogP) is 4.39. The molecule has 0 aliphatic carbocycles. The Bertz CT molecular complexity index is 874. The highest BCUT2D eigenvalue weighted by atomic mass is 79.9. The fourth-order valence-corrected chi connectivity index (χ4v) is 4.94. The number of halogens is 1. The molecule has 2 fully saturated rings. The van der Waals surface area contributed by atoms with Gasteiger partial charge in [-0.25, -0.2) is 0 Å². The number of rotatable bonds is 6. The molecule has 5 nitrogen and oxygen atoms in total. The lowest BCUT2D eigenvalue weighted by Crippen LogP contribution is -2.44. The lowest BCUT2D eigenvalue weighted by atomic mass is 9.77. The van der Waals surface area contributed by atoms with Gasteiger partial charge in [-0.3, -0.25) is 9.59 Å². The Morgan fingerprint density at radius 3 is 2.19 bits per heavy atom. The number of aryl methyl sites for hydroxylation is 1. The number of nitrogens with two attached hydrogens (primary N) is 1. The highest BCUT2D eigenvalue weighted by molar-refractivity contribution is 9.10. The smallest absolute Gasteiger partial charge is 0.229 e. The van der Waals surface area contributed by atoms with Gasteiger partial charge in [0.25, 0.3) is 0 Å². The van der Waals surface area contributed by atoms with Crippen LogP contribution in [0.25, 0.3) is 0 Å². The Morgan fingerprint density at radius 2 is 1.56 bits per heavy atom. The standard InChI is InChI=1S/C24H29BrN2O.C2H5NO/c25-22-10-8-21(9-11-22)19-27-18-14-24(23(27)28)12-16-26(17-13-24)15-4-7-20-5-2-1-3-6-20;1-2(3)4/h1-3,5-6,8-11H,4,7,12-19H2;1H3,(H2,3,4). The highest BCUT2D eigenvalue weighted by Crippen LogP contribution is 2.42. The molecule has 172 valence electrons. The van der Waals surface area contributed by atoms with Crippen LogP contribution in [-0.4, -0.2) is 47.8 Å². The van der Waals surface area contributed by atoms with E-state index in [2.05, 4.69) is 86.1 Å². The Kier molecular flexibility index (Phi) is 8.88. The van der Waals surface area contributed by atoms with E-state index in [1.54, 1.807) is 0 Å². The van der Waals surface area contributed by atoms with E-state index in [1.807, 2.05) is 0 Å². The van der Waals surface area contributed by atoms with Gasteiger partial charge in [0, 0.05) is 24.5 Å². The molecule has 2 N–H and O–H groups in total. The second-order valence-corrected chi connectivity index (χ2v) is 9.84. The molecule has 6 heteroatoms. The number of hydrogen-bond donors (Lipinski definition) is 1. The van der Waals surface area contributed by atoms with E-state index in [4.69, 9.17) is 0 Å². The average molecular weight is 500 g/mol. The maximum absolute atomic E-state index is 13.2. The molecular formula is C26H34BrN3O2. The number of likely N-dealkylation sites (tertiary alicyclic amines) is 2. The number of benzene rings is 2. The molecule has 4 rings (SSSR count). The molecule has 2 aliphatic heterocycles. The first-order valence-corrected chi connectivity index (χ1v) is 12.2. The van der Waals surface area contributed by atoms with Crippen molar-refractivity contribution in [2.24, 2.45) is 11.1 Å². The van der Waals surface area contributed by atoms with Crippen molar-refractivity contribution in [1.82, 2.24) is 9.80 Å². The fraction of sp³-hybridized carbons (Fsp3) is 0.462. The van der Waals surface area contributed by atoms with Crippen LogP contribution in [-0.2, 0) is 22.6 Å². The third-order valence-corrected chi connectivity index (χ3v) is 7.01. The summed E-state index contributed by atoms with van der Waals surface area (Å²) in [5.41, 5.74) is 7.02. The summed E-state index contributed by atoms with van der Waals surface area (Å²) in [6.07, 6.45) is 5.41. The molecule has 0 unspecified atom stereocenters. The summed E-state index contributed by atoms with van der Waals surface area (Å²) < 4.78 is 1.08. The number of carbonyl (C=O) groups is 2. The van der Waals surface area contributed by atoms with E-state index in [9.17, 15) is 9.59 Å². The van der Waals surface area contributed by atoms with Crippen LogP contribution < -0.4 is 5.73 Å². The van der Waals surface area contributed by atoms with Gasteiger partial charge in [-0.2, -0.15) is 0 Å². The summed E-state index contributed by atoms with van der Waals surface area (Å²) in [5.74, 6) is 0.0550. The van der Waals surface area contributed by atoms with E-state index in [0.29, 0.717) is 5.91 Å². The lowest BCUT2D eigenvalue weighted by Gasteiger charge is -2.38. The molecule has 0 radical (unpaired) electrons. The van der Waals surface area contributed by atoms with Crippen LogP contribution in [0.4, 0.5) is 0 Å². The first kappa shape index (κ1) is 24.5. The molecule has 0 aromatic heterocycles. The van der Waals surface area contributed by atoms with E-state index in [-0.39, 0.29) is 11.3 Å². The molecule has 2 aliphatic rings. The van der Waals surface area contributed by atoms with Crippen LogP contribution in [0.2, 0.25) is 0 Å². The minimum Gasteiger partial charge on any atom is -0.370 e. The van der Waals surface area contributed by atoms with Crippen LogP contribution in [0.1, 0.15) is 43.7 Å². The van der Waals surface area contributed by atoms with E-state index < -0.39 is 0 Å². The Morgan fingerprint density at radius 1 is 0.969 bits per heavy atom. The summed E-state index contributed by atoms with van der Waals surface area (Å²) in [5, 5.41) is 0. The normalized spacial score (nSPS) is 17.8. The molecule has 32 heavy (non-hydrogen) atoms. The minimum absolute atomic E-state index is 0.0920. The summed E-state index contributed by atoms with van der Waals surface area (Å²) in [4.78, 5) is 27.0. The monoisotopic (exact) mass is 499 g/mol. The predicted molar refractivity (Wildman–Crippen MR) is 132 cm³/mol. The Hall–Kier alpha value is -2.18. The van der Waals surface area contributed by atoms with Gasteiger partial charge < -0.3 is 15.5 Å². The second-order valence-electron chi connectivity index (χ2n) is 8.92. The maximum Gasteiger partial charge on any atom is 0.229 e. The average Bonchev–Trinajstić information content (AvgIpc) is 3.07. The van der Waals surface area contributed by atoms with E-state index in [0.717, 1.165) is 62.9 Å². The van der Waals surface area contributed by atoms with Crippen molar-refractivity contribution >= 4 is 27.7 Å². The number of carbonyl (C=O) groups excluding carboxylic acids is 2. The van der Waals surface area contributed by atoms with Crippen molar-refractivity contribution in [3.63, 3.8) is 0 Å². The van der Waals surface area contributed by atoms with Crippen molar-refractivity contribution in [3.05, 3.63) is 70.2 Å². The third-order valence-electron chi connectivity index (χ3n) is 6.48. The summed E-state index contributed by atoms with van der Waals surface area (Å²) in [6, 6.07) is 19.1. The van der Waals surface area contributed by atoms with Crippen molar-refractivity contribution in [2.75, 3.05) is 26.2 Å². The molecule has 2 amide bonds. The Balaban J connectivity index is 0.000000668. The molecule has 2 aromatic rings. The number of primary amides is 1. The van der Waals surface area contributed by atoms with Crippen molar-refractivity contribution < 1.29 is 9.59 Å². The van der Waals surface area contributed by atoms with E-state index in [1.165, 1.54) is 24.5 Å². The van der Waals surface area contributed by atoms with Gasteiger partial charge in [0.2, 0.25) is 11.8 Å². The number of hydrogen-bond acceptors (Lipinski definition) is 3. The van der Waals surface area contributed by atoms with Crippen molar-refractivity contribution in [2.45, 2.75) is 45.6 Å². The second kappa shape index (κ2) is 11.6. The van der Waals surface area contributed by atoms with Crippen LogP contribution >= 0.6 is 15.9 Å². The number of nitrogens with zero attached hydrogens (tertiary/aromatic N) is 2. The van der Waals surface area contributed by atoms with Crippen LogP contribution in [0, 0.1) is 5.41 Å². The first-order valence-electron chi connectivity index (χ1n) is 11.4. The molecule has 0 bridgehead atoms. The molecule has 2 heterocycles. The van der Waals surface area contributed by atoms with Gasteiger partial charge in [0.15, 0.2) is 0 Å². The zero-order chi connectivity index (χ0) is 23.0. The van der Waals surface area contributed by atoms with Crippen LogP contribution in [0.3, 0.4) is 0 Å². The number of piperidine rings is 1. The zero-order valence-electron chi connectivity index (χ0n) is 18.9. The molecule has 2 aromatic carbocycles. The summed E-state index contributed by atoms with van der Waals surface area (Å²) in [7, 11) is 0. The Labute approximate surface area is 200 Å². The van der Waals surface area contributed by atoms with Gasteiger partial charge in [0.1, 0.15) is 0 Å². The molecule has 0 atom stereocenters.